The number of halogens is 3. The molecule has 130 valence electrons. The summed E-state index contributed by atoms with van der Waals surface area (Å²) in [7, 11) is 0. The van der Waals surface area contributed by atoms with Crippen molar-refractivity contribution < 1.29 is 27.6 Å². The monoisotopic (exact) mass is 351 g/mol. The molecule has 1 saturated carbocycles. The molecule has 5 nitrogen and oxygen atoms in total. The first kappa shape index (κ1) is 16.9. The summed E-state index contributed by atoms with van der Waals surface area (Å²) in [5.41, 5.74) is -2.56. The molecule has 0 spiro atoms. The van der Waals surface area contributed by atoms with E-state index in [1.54, 1.807) is 30.3 Å². The largest absolute Gasteiger partial charge is 0.445 e. The molecular formula is C17H12F3NO4. The number of esters is 1. The summed E-state index contributed by atoms with van der Waals surface area (Å²) in [4.78, 5) is 22.0. The topological polar surface area (TPSA) is 69.4 Å². The van der Waals surface area contributed by atoms with E-state index >= 15 is 0 Å². The summed E-state index contributed by atoms with van der Waals surface area (Å²) < 4.78 is 45.4. The number of hydrogen-bond donors (Lipinski definition) is 0. The van der Waals surface area contributed by atoms with Crippen LogP contribution in [0.15, 0.2) is 54.6 Å². The van der Waals surface area contributed by atoms with E-state index < -0.39 is 28.6 Å². The van der Waals surface area contributed by atoms with Crippen LogP contribution in [0.1, 0.15) is 28.3 Å². The molecule has 1 fully saturated rings. The summed E-state index contributed by atoms with van der Waals surface area (Å²) in [5.74, 6) is -2.12. The van der Waals surface area contributed by atoms with Crippen molar-refractivity contribution in [2.75, 3.05) is 0 Å². The van der Waals surface area contributed by atoms with Gasteiger partial charge in [-0.1, -0.05) is 30.3 Å². The number of rotatable bonds is 4. The fourth-order valence-electron chi connectivity index (χ4n) is 2.74. The summed E-state index contributed by atoms with van der Waals surface area (Å²) in [5, 5.41) is 10.6. The predicted octanol–water partition coefficient (Wildman–Crippen LogP) is 4.24. The van der Waals surface area contributed by atoms with E-state index in [0.29, 0.717) is 5.56 Å². The van der Waals surface area contributed by atoms with Gasteiger partial charge in [0.2, 0.25) is 5.60 Å². The van der Waals surface area contributed by atoms with E-state index in [4.69, 9.17) is 4.74 Å². The van der Waals surface area contributed by atoms with Crippen molar-refractivity contribution in [3.63, 3.8) is 0 Å². The van der Waals surface area contributed by atoms with Crippen LogP contribution in [-0.4, -0.2) is 22.7 Å². The number of hydrogen-bond acceptors (Lipinski definition) is 4. The molecule has 0 saturated heterocycles. The van der Waals surface area contributed by atoms with Gasteiger partial charge < -0.3 is 4.74 Å². The third-order valence-corrected chi connectivity index (χ3v) is 4.18. The number of ether oxygens (including phenoxy) is 1. The maximum atomic E-state index is 13.5. The summed E-state index contributed by atoms with van der Waals surface area (Å²) >= 11 is 0. The number of non-ortho nitro benzene ring substituents is 1. The van der Waals surface area contributed by atoms with Crippen LogP contribution in [0.25, 0.3) is 0 Å². The molecule has 2 atom stereocenters. The molecule has 0 amide bonds. The highest BCUT2D eigenvalue weighted by atomic mass is 19.4. The third-order valence-electron chi connectivity index (χ3n) is 4.18. The minimum absolute atomic E-state index is 0.173. The van der Waals surface area contributed by atoms with E-state index in [-0.39, 0.29) is 17.7 Å². The third kappa shape index (κ3) is 3.07. The molecule has 2 aromatic rings. The molecule has 0 bridgehead atoms. The molecule has 25 heavy (non-hydrogen) atoms. The zero-order chi connectivity index (χ0) is 18.2. The van der Waals surface area contributed by atoms with Gasteiger partial charge in [-0.2, -0.15) is 13.2 Å². The molecule has 1 aliphatic rings. The van der Waals surface area contributed by atoms with E-state index in [1.807, 2.05) is 0 Å². The molecule has 1 unspecified atom stereocenters. The Kier molecular flexibility index (Phi) is 3.98. The van der Waals surface area contributed by atoms with Gasteiger partial charge in [0.15, 0.2) is 0 Å². The Morgan fingerprint density at radius 3 is 2.24 bits per heavy atom. The molecule has 2 aromatic carbocycles. The van der Waals surface area contributed by atoms with Crippen molar-refractivity contribution in [2.24, 2.45) is 0 Å². The Morgan fingerprint density at radius 1 is 1.12 bits per heavy atom. The lowest BCUT2D eigenvalue weighted by molar-refractivity contribution is -0.384. The van der Waals surface area contributed by atoms with Crippen molar-refractivity contribution in [1.29, 1.82) is 0 Å². The Morgan fingerprint density at radius 2 is 1.72 bits per heavy atom. The fraction of sp³-hybridized carbons (Fsp3) is 0.235. The van der Waals surface area contributed by atoms with Crippen LogP contribution < -0.4 is 0 Å². The molecule has 0 heterocycles. The van der Waals surface area contributed by atoms with Crippen molar-refractivity contribution in [3.8, 4) is 0 Å². The number of carbonyl (C=O) groups is 1. The van der Waals surface area contributed by atoms with Crippen LogP contribution >= 0.6 is 0 Å². The Balaban J connectivity index is 1.83. The number of alkyl halides is 3. The van der Waals surface area contributed by atoms with Crippen LogP contribution in [0.5, 0.6) is 0 Å². The predicted molar refractivity (Wildman–Crippen MR) is 81.1 cm³/mol. The highest BCUT2D eigenvalue weighted by Crippen LogP contribution is 2.62. The van der Waals surface area contributed by atoms with Crippen LogP contribution in [0.3, 0.4) is 0 Å². The average Bonchev–Trinajstić information content (AvgIpc) is 3.31. The standard InChI is InChI=1S/C17H12F3NO4/c18-17(19,20)16(10-14(16)11-4-2-1-3-5-11)25-15(22)12-6-8-13(9-7-12)21(23)24/h1-9,14H,10H2/t14-,16?/m0/s1. The van der Waals surface area contributed by atoms with Gasteiger partial charge in [0.25, 0.3) is 5.69 Å². The average molecular weight is 351 g/mol. The van der Waals surface area contributed by atoms with Gasteiger partial charge in [0.1, 0.15) is 0 Å². The molecular weight excluding hydrogens is 339 g/mol. The number of nitro benzene ring substituents is 1. The highest BCUT2D eigenvalue weighted by molar-refractivity contribution is 5.90. The number of benzene rings is 2. The smallest absolute Gasteiger partial charge is 0.429 e. The quantitative estimate of drug-likeness (QED) is 0.469. The second kappa shape index (κ2) is 5.87. The minimum atomic E-state index is -4.72. The second-order valence-corrected chi connectivity index (χ2v) is 5.75. The lowest BCUT2D eigenvalue weighted by atomic mass is 10.1. The zero-order valence-electron chi connectivity index (χ0n) is 12.7. The normalized spacial score (nSPS) is 22.3. The number of carbonyl (C=O) groups excluding carboxylic acids is 1. The van der Waals surface area contributed by atoms with Crippen LogP contribution in [0.4, 0.5) is 18.9 Å². The van der Waals surface area contributed by atoms with E-state index in [9.17, 15) is 28.1 Å². The lowest BCUT2D eigenvalue weighted by Crippen LogP contribution is -2.38. The van der Waals surface area contributed by atoms with E-state index in [1.165, 1.54) is 0 Å². The first-order chi connectivity index (χ1) is 11.7. The lowest BCUT2D eigenvalue weighted by Gasteiger charge is -2.22. The second-order valence-electron chi connectivity index (χ2n) is 5.75. The fourth-order valence-corrected chi connectivity index (χ4v) is 2.74. The molecule has 8 heteroatoms. The summed E-state index contributed by atoms with van der Waals surface area (Å²) in [6.07, 6.45) is -5.07. The van der Waals surface area contributed by atoms with Crippen molar-refractivity contribution in [2.45, 2.75) is 24.1 Å². The molecule has 0 radical (unpaired) electrons. The van der Waals surface area contributed by atoms with Gasteiger partial charge in [-0.25, -0.2) is 4.79 Å². The van der Waals surface area contributed by atoms with E-state index in [0.717, 1.165) is 24.3 Å². The maximum Gasteiger partial charge on any atom is 0.429 e. The van der Waals surface area contributed by atoms with Crippen molar-refractivity contribution in [1.82, 2.24) is 0 Å². The van der Waals surface area contributed by atoms with Gasteiger partial charge in [-0.3, -0.25) is 10.1 Å². The maximum absolute atomic E-state index is 13.5. The van der Waals surface area contributed by atoms with Crippen LogP contribution in [0.2, 0.25) is 0 Å². The number of nitrogens with zero attached hydrogens (tertiary/aromatic N) is 1. The first-order valence-electron chi connectivity index (χ1n) is 7.34. The minimum Gasteiger partial charge on any atom is -0.445 e. The Labute approximate surface area is 140 Å². The number of nitro groups is 1. The highest BCUT2D eigenvalue weighted by Gasteiger charge is 2.74. The van der Waals surface area contributed by atoms with Crippen LogP contribution in [-0.2, 0) is 4.74 Å². The van der Waals surface area contributed by atoms with Crippen molar-refractivity contribution in [3.05, 3.63) is 75.8 Å². The van der Waals surface area contributed by atoms with Gasteiger partial charge in [-0.05, 0) is 17.7 Å². The molecule has 1 aliphatic carbocycles. The summed E-state index contributed by atoms with van der Waals surface area (Å²) in [6.45, 7) is 0. The van der Waals surface area contributed by atoms with Crippen molar-refractivity contribution >= 4 is 11.7 Å². The Hall–Kier alpha value is -2.90. The molecule has 0 aliphatic heterocycles. The van der Waals surface area contributed by atoms with Gasteiger partial charge in [0.05, 0.1) is 10.5 Å². The van der Waals surface area contributed by atoms with Gasteiger partial charge >= 0.3 is 12.1 Å². The summed E-state index contributed by atoms with van der Waals surface area (Å²) in [6, 6.07) is 12.3. The molecule has 0 N–H and O–H groups in total. The van der Waals surface area contributed by atoms with Gasteiger partial charge in [0, 0.05) is 24.5 Å². The van der Waals surface area contributed by atoms with E-state index in [2.05, 4.69) is 0 Å². The van der Waals surface area contributed by atoms with Crippen LogP contribution in [0, 0.1) is 10.1 Å². The SMILES string of the molecule is O=C(OC1(C(F)(F)F)C[C@H]1c1ccccc1)c1ccc([N+](=O)[O-])cc1. The zero-order valence-corrected chi connectivity index (χ0v) is 12.7. The van der Waals surface area contributed by atoms with Gasteiger partial charge in [-0.15, -0.1) is 0 Å². The Bertz CT molecular complexity index is 805. The molecule has 0 aromatic heterocycles. The first-order valence-corrected chi connectivity index (χ1v) is 7.34. The molecule has 3 rings (SSSR count).